The van der Waals surface area contributed by atoms with Gasteiger partial charge in [0.25, 0.3) is 11.8 Å². The van der Waals surface area contributed by atoms with E-state index in [4.69, 9.17) is 9.36 Å². The zero-order valence-corrected chi connectivity index (χ0v) is 12.2. The Labute approximate surface area is 130 Å². The van der Waals surface area contributed by atoms with Gasteiger partial charge in [0.15, 0.2) is 5.76 Å². The van der Waals surface area contributed by atoms with Crippen LogP contribution >= 0.6 is 0 Å². The second kappa shape index (κ2) is 4.52. The lowest BCUT2D eigenvalue weighted by atomic mass is 10.0. The predicted octanol–water partition coefficient (Wildman–Crippen LogP) is 1.77. The van der Waals surface area contributed by atoms with E-state index in [0.29, 0.717) is 29.4 Å². The van der Waals surface area contributed by atoms with Crippen LogP contribution in [0.25, 0.3) is 0 Å². The van der Waals surface area contributed by atoms with Gasteiger partial charge < -0.3 is 9.36 Å². The number of hydroxylamine groups is 2. The largest absolute Gasteiger partial charge is 0.360 e. The van der Waals surface area contributed by atoms with Crippen molar-refractivity contribution in [2.75, 3.05) is 0 Å². The number of nitrogens with zero attached hydrogens (tertiary/aromatic N) is 2. The maximum absolute atomic E-state index is 12.5. The van der Waals surface area contributed by atoms with Gasteiger partial charge in [-0.2, -0.15) is 0 Å². The third-order valence-electron chi connectivity index (χ3n) is 4.17. The number of fused-ring (bicyclic) bond motifs is 1. The topological polar surface area (TPSA) is 89.7 Å². The van der Waals surface area contributed by atoms with Gasteiger partial charge in [0.1, 0.15) is 5.41 Å². The van der Waals surface area contributed by atoms with Crippen LogP contribution in [0.1, 0.15) is 45.0 Å². The molecule has 0 spiro atoms. The fourth-order valence-electron chi connectivity index (χ4n) is 2.69. The number of amides is 2. The molecule has 0 bridgehead atoms. The number of rotatable bonds is 3. The van der Waals surface area contributed by atoms with Crippen LogP contribution in [0, 0.1) is 6.92 Å². The van der Waals surface area contributed by atoms with Crippen molar-refractivity contribution in [1.29, 1.82) is 0 Å². The Hall–Kier alpha value is -2.96. The lowest BCUT2D eigenvalue weighted by molar-refractivity contribution is -0.172. The van der Waals surface area contributed by atoms with Gasteiger partial charge in [-0.3, -0.25) is 9.59 Å². The van der Waals surface area contributed by atoms with E-state index in [0.717, 1.165) is 0 Å². The van der Waals surface area contributed by atoms with E-state index in [-0.39, 0.29) is 11.1 Å². The Kier molecular flexibility index (Phi) is 2.69. The maximum Gasteiger partial charge on any atom is 0.346 e. The molecular formula is C16H12N2O5. The van der Waals surface area contributed by atoms with Crippen molar-refractivity contribution >= 4 is 17.8 Å². The van der Waals surface area contributed by atoms with E-state index >= 15 is 0 Å². The molecule has 2 amide bonds. The zero-order valence-electron chi connectivity index (χ0n) is 12.2. The highest BCUT2D eigenvalue weighted by Crippen LogP contribution is 2.49. The minimum absolute atomic E-state index is 0.227. The quantitative estimate of drug-likeness (QED) is 0.802. The van der Waals surface area contributed by atoms with Crippen molar-refractivity contribution in [3.8, 4) is 0 Å². The highest BCUT2D eigenvalue weighted by molar-refractivity contribution is 6.21. The minimum Gasteiger partial charge on any atom is -0.360 e. The number of aryl methyl sites for hydroxylation is 1. The van der Waals surface area contributed by atoms with Crippen LogP contribution in [0.5, 0.6) is 0 Å². The van der Waals surface area contributed by atoms with Crippen LogP contribution < -0.4 is 0 Å². The number of hydrogen-bond acceptors (Lipinski definition) is 6. The second-order valence-corrected chi connectivity index (χ2v) is 5.74. The lowest BCUT2D eigenvalue weighted by Crippen LogP contribution is -2.36. The standard InChI is InChI=1S/C16H12N2O5/c1-9-8-12(22-17-9)16(6-7-16)15(21)23-18-13(19)10-4-2-3-5-11(10)14(18)20/h2-5,8H,6-7H2,1H3. The van der Waals surface area contributed by atoms with Crippen molar-refractivity contribution in [2.24, 2.45) is 0 Å². The fraction of sp³-hybridized carbons (Fsp3) is 0.250. The lowest BCUT2D eigenvalue weighted by Gasteiger charge is -2.16. The summed E-state index contributed by atoms with van der Waals surface area (Å²) < 4.78 is 5.15. The molecule has 0 saturated heterocycles. The Bertz CT molecular complexity index is 815. The van der Waals surface area contributed by atoms with E-state index in [2.05, 4.69) is 5.16 Å². The van der Waals surface area contributed by atoms with Crippen LogP contribution in [-0.2, 0) is 15.0 Å². The number of benzene rings is 1. The molecule has 7 nitrogen and oxygen atoms in total. The number of imide groups is 1. The molecule has 7 heteroatoms. The van der Waals surface area contributed by atoms with Crippen LogP contribution in [0.15, 0.2) is 34.9 Å². The Morgan fingerprint density at radius 3 is 2.30 bits per heavy atom. The Balaban J connectivity index is 1.59. The van der Waals surface area contributed by atoms with Crippen molar-refractivity contribution in [2.45, 2.75) is 25.2 Å². The van der Waals surface area contributed by atoms with Crippen molar-refractivity contribution in [3.63, 3.8) is 0 Å². The van der Waals surface area contributed by atoms with Gasteiger partial charge in [-0.05, 0) is 31.9 Å². The predicted molar refractivity (Wildman–Crippen MR) is 75.2 cm³/mol. The van der Waals surface area contributed by atoms with Gasteiger partial charge in [0.2, 0.25) is 0 Å². The van der Waals surface area contributed by atoms with E-state index in [9.17, 15) is 14.4 Å². The molecule has 1 aromatic heterocycles. The molecule has 1 aliphatic carbocycles. The van der Waals surface area contributed by atoms with Gasteiger partial charge in [-0.25, -0.2) is 4.79 Å². The highest BCUT2D eigenvalue weighted by atomic mass is 16.7. The Morgan fingerprint density at radius 1 is 1.22 bits per heavy atom. The minimum atomic E-state index is -0.948. The average molecular weight is 312 g/mol. The highest BCUT2D eigenvalue weighted by Gasteiger charge is 2.58. The molecular weight excluding hydrogens is 300 g/mol. The van der Waals surface area contributed by atoms with Crippen LogP contribution in [-0.4, -0.2) is 28.0 Å². The normalized spacial score (nSPS) is 18.0. The summed E-state index contributed by atoms with van der Waals surface area (Å²) in [5, 5.41) is 4.29. The molecule has 1 saturated carbocycles. The third kappa shape index (κ3) is 1.89. The van der Waals surface area contributed by atoms with E-state index in [1.54, 1.807) is 25.1 Å². The fourth-order valence-corrected chi connectivity index (χ4v) is 2.69. The van der Waals surface area contributed by atoms with Crippen LogP contribution in [0.2, 0.25) is 0 Å². The molecule has 0 atom stereocenters. The molecule has 23 heavy (non-hydrogen) atoms. The Morgan fingerprint density at radius 2 is 1.83 bits per heavy atom. The number of hydrogen-bond donors (Lipinski definition) is 0. The van der Waals surface area contributed by atoms with Gasteiger partial charge in [-0.15, -0.1) is 0 Å². The van der Waals surface area contributed by atoms with E-state index in [1.165, 1.54) is 12.1 Å². The maximum atomic E-state index is 12.5. The first-order chi connectivity index (χ1) is 11.0. The first kappa shape index (κ1) is 13.7. The van der Waals surface area contributed by atoms with Crippen LogP contribution in [0.4, 0.5) is 0 Å². The first-order valence-electron chi connectivity index (χ1n) is 7.17. The molecule has 2 heterocycles. The summed E-state index contributed by atoms with van der Waals surface area (Å²) in [4.78, 5) is 42.0. The average Bonchev–Trinajstić information content (AvgIpc) is 3.20. The van der Waals surface area contributed by atoms with Crippen LogP contribution in [0.3, 0.4) is 0 Å². The molecule has 2 aliphatic rings. The summed E-state index contributed by atoms with van der Waals surface area (Å²) >= 11 is 0. The molecule has 1 aliphatic heterocycles. The van der Waals surface area contributed by atoms with Gasteiger partial charge in [0, 0.05) is 6.07 Å². The molecule has 116 valence electrons. The second-order valence-electron chi connectivity index (χ2n) is 5.74. The van der Waals surface area contributed by atoms with Gasteiger partial charge >= 0.3 is 5.97 Å². The van der Waals surface area contributed by atoms with Crippen molar-refractivity contribution in [1.82, 2.24) is 10.2 Å². The van der Waals surface area contributed by atoms with E-state index in [1.807, 2.05) is 0 Å². The first-order valence-corrected chi connectivity index (χ1v) is 7.17. The number of carbonyl (C=O) groups excluding carboxylic acids is 3. The third-order valence-corrected chi connectivity index (χ3v) is 4.17. The molecule has 1 aromatic carbocycles. The molecule has 0 N–H and O–H groups in total. The zero-order chi connectivity index (χ0) is 16.2. The molecule has 1 fully saturated rings. The summed E-state index contributed by atoms with van der Waals surface area (Å²) in [5.41, 5.74) is 0.160. The summed E-state index contributed by atoms with van der Waals surface area (Å²) in [6, 6.07) is 8.01. The monoisotopic (exact) mass is 312 g/mol. The van der Waals surface area contributed by atoms with Gasteiger partial charge in [-0.1, -0.05) is 22.4 Å². The SMILES string of the molecule is Cc1cc(C2(C(=O)ON3C(=O)c4ccccc4C3=O)CC2)on1. The number of aromatic nitrogens is 1. The molecule has 0 unspecified atom stereocenters. The summed E-state index contributed by atoms with van der Waals surface area (Å²) in [6.45, 7) is 1.75. The summed E-state index contributed by atoms with van der Waals surface area (Å²) in [5.74, 6) is -1.55. The van der Waals surface area contributed by atoms with Crippen molar-refractivity contribution in [3.05, 3.63) is 52.9 Å². The number of carbonyl (C=O) groups is 3. The van der Waals surface area contributed by atoms with E-state index < -0.39 is 23.2 Å². The molecule has 2 aromatic rings. The molecule has 0 radical (unpaired) electrons. The van der Waals surface area contributed by atoms with Gasteiger partial charge in [0.05, 0.1) is 16.8 Å². The summed E-state index contributed by atoms with van der Waals surface area (Å²) in [7, 11) is 0. The molecule has 4 rings (SSSR count). The summed E-state index contributed by atoms with van der Waals surface area (Å²) in [6.07, 6.45) is 1.06. The van der Waals surface area contributed by atoms with Crippen molar-refractivity contribution < 1.29 is 23.7 Å². The smallest absolute Gasteiger partial charge is 0.346 e.